The Kier molecular flexibility index (Phi) is 5.04. The second-order valence-electron chi connectivity index (χ2n) is 5.65. The number of carbonyl (C=O) groups excluding carboxylic acids is 1. The zero-order chi connectivity index (χ0) is 15.6. The number of halogens is 1. The number of amides is 1. The molecule has 110 valence electrons. The fourth-order valence-corrected chi connectivity index (χ4v) is 2.75. The third-order valence-corrected chi connectivity index (χ3v) is 4.76. The fraction of sp³-hybridized carbons (Fsp3) is 0.278. The van der Waals surface area contributed by atoms with Crippen molar-refractivity contribution in [3.63, 3.8) is 0 Å². The van der Waals surface area contributed by atoms with Gasteiger partial charge in [0.05, 0.1) is 0 Å². The van der Waals surface area contributed by atoms with Crippen molar-refractivity contribution in [2.75, 3.05) is 5.32 Å². The molecule has 0 heterocycles. The number of carbonyl (C=O) groups is 1. The maximum absolute atomic E-state index is 12.3. The van der Waals surface area contributed by atoms with Crippen LogP contribution in [0.5, 0.6) is 0 Å². The molecule has 0 aliphatic rings. The van der Waals surface area contributed by atoms with Gasteiger partial charge in [0, 0.05) is 14.8 Å². The maximum atomic E-state index is 12.3. The second kappa shape index (κ2) is 6.60. The van der Waals surface area contributed by atoms with E-state index in [1.165, 1.54) is 14.7 Å². The first-order chi connectivity index (χ1) is 9.88. The van der Waals surface area contributed by atoms with E-state index in [0.717, 1.165) is 11.3 Å². The number of nitrogens with one attached hydrogen (secondary N) is 1. The largest absolute Gasteiger partial charge is 0.322 e. The van der Waals surface area contributed by atoms with Crippen LogP contribution in [0.2, 0.25) is 0 Å². The van der Waals surface area contributed by atoms with E-state index in [1.54, 1.807) is 0 Å². The van der Waals surface area contributed by atoms with Gasteiger partial charge in [0.2, 0.25) is 0 Å². The second-order valence-corrected chi connectivity index (χ2v) is 6.81. The number of anilines is 1. The molecule has 1 amide bonds. The highest BCUT2D eigenvalue weighted by Gasteiger charge is 2.09. The van der Waals surface area contributed by atoms with E-state index in [0.29, 0.717) is 11.5 Å². The van der Waals surface area contributed by atoms with Gasteiger partial charge in [0.1, 0.15) is 0 Å². The molecule has 0 unspecified atom stereocenters. The Labute approximate surface area is 140 Å². The van der Waals surface area contributed by atoms with E-state index in [9.17, 15) is 4.79 Å². The van der Waals surface area contributed by atoms with Crippen molar-refractivity contribution in [1.82, 2.24) is 0 Å². The van der Waals surface area contributed by atoms with E-state index in [-0.39, 0.29) is 5.91 Å². The Morgan fingerprint density at radius 1 is 1.05 bits per heavy atom. The van der Waals surface area contributed by atoms with Gasteiger partial charge in [-0.25, -0.2) is 0 Å². The van der Waals surface area contributed by atoms with Crippen LogP contribution < -0.4 is 5.32 Å². The van der Waals surface area contributed by atoms with Gasteiger partial charge >= 0.3 is 0 Å². The molecule has 0 saturated heterocycles. The molecule has 0 aromatic heterocycles. The molecule has 0 atom stereocenters. The van der Waals surface area contributed by atoms with Crippen LogP contribution in [0.25, 0.3) is 0 Å². The number of hydrogen-bond donors (Lipinski definition) is 1. The minimum atomic E-state index is -0.0611. The van der Waals surface area contributed by atoms with E-state index in [4.69, 9.17) is 0 Å². The molecule has 0 fully saturated rings. The van der Waals surface area contributed by atoms with Gasteiger partial charge in [0.25, 0.3) is 5.91 Å². The Morgan fingerprint density at radius 2 is 1.67 bits per heavy atom. The molecule has 2 aromatic carbocycles. The molecule has 0 radical (unpaired) electrons. The Morgan fingerprint density at radius 3 is 2.24 bits per heavy atom. The highest BCUT2D eigenvalue weighted by Crippen LogP contribution is 2.23. The molecule has 1 N–H and O–H groups in total. The minimum absolute atomic E-state index is 0.0611. The molecule has 0 bridgehead atoms. The first kappa shape index (κ1) is 16.0. The van der Waals surface area contributed by atoms with Gasteiger partial charge in [-0.2, -0.15) is 0 Å². The van der Waals surface area contributed by atoms with Gasteiger partial charge in [-0.1, -0.05) is 26.0 Å². The predicted octanol–water partition coefficient (Wildman–Crippen LogP) is 5.28. The first-order valence-electron chi connectivity index (χ1n) is 7.06. The van der Waals surface area contributed by atoms with Crippen molar-refractivity contribution in [2.24, 2.45) is 0 Å². The molecule has 3 heteroatoms. The summed E-state index contributed by atoms with van der Waals surface area (Å²) in [5, 5.41) is 3.00. The minimum Gasteiger partial charge on any atom is -0.322 e. The number of benzene rings is 2. The molecular formula is C18H20INO. The summed E-state index contributed by atoms with van der Waals surface area (Å²) in [6.45, 7) is 8.35. The number of hydrogen-bond acceptors (Lipinski definition) is 1. The summed E-state index contributed by atoms with van der Waals surface area (Å²) in [4.78, 5) is 12.3. The van der Waals surface area contributed by atoms with Crippen molar-refractivity contribution in [2.45, 2.75) is 33.6 Å². The molecule has 2 aromatic rings. The first-order valence-corrected chi connectivity index (χ1v) is 8.14. The average molecular weight is 393 g/mol. The van der Waals surface area contributed by atoms with Crippen molar-refractivity contribution < 1.29 is 4.79 Å². The lowest BCUT2D eigenvalue weighted by Gasteiger charge is -2.11. The van der Waals surface area contributed by atoms with E-state index >= 15 is 0 Å². The van der Waals surface area contributed by atoms with Crippen LogP contribution in [-0.4, -0.2) is 5.91 Å². The van der Waals surface area contributed by atoms with Crippen molar-refractivity contribution in [3.8, 4) is 0 Å². The summed E-state index contributed by atoms with van der Waals surface area (Å²) in [6.07, 6.45) is 0. The number of rotatable bonds is 3. The van der Waals surface area contributed by atoms with Gasteiger partial charge in [-0.3, -0.25) is 4.79 Å². The smallest absolute Gasteiger partial charge is 0.255 e. The summed E-state index contributed by atoms with van der Waals surface area (Å²) in [5.41, 5.74) is 5.07. The van der Waals surface area contributed by atoms with Crippen LogP contribution in [0.1, 0.15) is 46.8 Å². The topological polar surface area (TPSA) is 29.1 Å². The monoisotopic (exact) mass is 393 g/mol. The van der Waals surface area contributed by atoms with Gasteiger partial charge < -0.3 is 5.32 Å². The standard InChI is InChI=1S/C18H20INO/c1-11(2)14-5-7-15(8-6-14)18(21)20-17-10-12(3)16(19)9-13(17)4/h5-11H,1-4H3,(H,20,21). The van der Waals surface area contributed by atoms with Crippen LogP contribution in [-0.2, 0) is 0 Å². The normalized spacial score (nSPS) is 10.8. The summed E-state index contributed by atoms with van der Waals surface area (Å²) < 4.78 is 1.21. The predicted molar refractivity (Wildman–Crippen MR) is 97.1 cm³/mol. The Hall–Kier alpha value is -1.36. The van der Waals surface area contributed by atoms with Crippen LogP contribution in [0.4, 0.5) is 5.69 Å². The Bertz CT molecular complexity index is 660. The molecule has 21 heavy (non-hydrogen) atoms. The van der Waals surface area contributed by atoms with Gasteiger partial charge in [0.15, 0.2) is 0 Å². The summed E-state index contributed by atoms with van der Waals surface area (Å²) in [5.74, 6) is 0.414. The van der Waals surface area contributed by atoms with Crippen molar-refractivity contribution >= 4 is 34.2 Å². The van der Waals surface area contributed by atoms with E-state index < -0.39 is 0 Å². The molecule has 0 aliphatic carbocycles. The van der Waals surface area contributed by atoms with Crippen molar-refractivity contribution in [3.05, 3.63) is 62.2 Å². The molecule has 2 rings (SSSR count). The molecule has 2 nitrogen and oxygen atoms in total. The fourth-order valence-electron chi connectivity index (χ4n) is 2.13. The maximum Gasteiger partial charge on any atom is 0.255 e. The van der Waals surface area contributed by atoms with Crippen LogP contribution in [0.15, 0.2) is 36.4 Å². The summed E-state index contributed by atoms with van der Waals surface area (Å²) >= 11 is 2.31. The highest BCUT2D eigenvalue weighted by molar-refractivity contribution is 14.1. The summed E-state index contributed by atoms with van der Waals surface area (Å²) in [6, 6.07) is 11.9. The number of aryl methyl sites for hydroxylation is 2. The zero-order valence-corrected chi connectivity index (χ0v) is 15.0. The lowest BCUT2D eigenvalue weighted by atomic mass is 10.0. The molecule has 0 spiro atoms. The third kappa shape index (κ3) is 3.84. The van der Waals surface area contributed by atoms with E-state index in [2.05, 4.69) is 47.8 Å². The van der Waals surface area contributed by atoms with Gasteiger partial charge in [-0.05, 0) is 83.3 Å². The lowest BCUT2D eigenvalue weighted by Crippen LogP contribution is -2.13. The SMILES string of the molecule is Cc1cc(NC(=O)c2ccc(C(C)C)cc2)c(C)cc1I. The average Bonchev–Trinajstić information content (AvgIpc) is 2.44. The van der Waals surface area contributed by atoms with Crippen molar-refractivity contribution in [1.29, 1.82) is 0 Å². The molecule has 0 saturated carbocycles. The van der Waals surface area contributed by atoms with Crippen LogP contribution in [0, 0.1) is 17.4 Å². The van der Waals surface area contributed by atoms with Gasteiger partial charge in [-0.15, -0.1) is 0 Å². The molecule has 0 aliphatic heterocycles. The lowest BCUT2D eigenvalue weighted by molar-refractivity contribution is 0.102. The van der Waals surface area contributed by atoms with E-state index in [1.807, 2.05) is 44.2 Å². The van der Waals surface area contributed by atoms with Crippen LogP contribution in [0.3, 0.4) is 0 Å². The quantitative estimate of drug-likeness (QED) is 0.706. The summed E-state index contributed by atoms with van der Waals surface area (Å²) in [7, 11) is 0. The Balaban J connectivity index is 2.20. The van der Waals surface area contributed by atoms with Crippen LogP contribution >= 0.6 is 22.6 Å². The third-order valence-electron chi connectivity index (χ3n) is 3.59. The highest BCUT2D eigenvalue weighted by atomic mass is 127. The zero-order valence-electron chi connectivity index (χ0n) is 12.8. The molecular weight excluding hydrogens is 373 g/mol.